The van der Waals surface area contributed by atoms with Crippen LogP contribution in [0.15, 0.2) is 24.3 Å². The first kappa shape index (κ1) is 18.5. The molecule has 0 heterocycles. The zero-order valence-electron chi connectivity index (χ0n) is 16.2. The number of aliphatic hydroxyl groups is 1. The van der Waals surface area contributed by atoms with E-state index in [1.165, 1.54) is 17.5 Å². The molecule has 1 saturated carbocycles. The summed E-state index contributed by atoms with van der Waals surface area (Å²) in [6.07, 6.45) is 3.11. The Hall–Kier alpha value is -0.820. The Morgan fingerprint density at radius 2 is 1.43 bits per heavy atom. The molecule has 130 valence electrons. The second-order valence-electron chi connectivity index (χ2n) is 9.54. The number of benzene rings is 1. The summed E-state index contributed by atoms with van der Waals surface area (Å²) in [7, 11) is 0. The van der Waals surface area contributed by atoms with Gasteiger partial charge >= 0.3 is 0 Å². The van der Waals surface area contributed by atoms with Gasteiger partial charge < -0.3 is 5.11 Å². The molecule has 1 heteroatoms. The molecule has 0 amide bonds. The molecule has 0 unspecified atom stereocenters. The molecule has 23 heavy (non-hydrogen) atoms. The zero-order chi connectivity index (χ0) is 17.4. The normalized spacial score (nSPS) is 26.6. The lowest BCUT2D eigenvalue weighted by Gasteiger charge is -2.44. The highest BCUT2D eigenvalue weighted by atomic mass is 16.3. The van der Waals surface area contributed by atoms with Gasteiger partial charge in [0.05, 0.1) is 6.10 Å². The molecule has 0 spiro atoms. The minimum atomic E-state index is -0.165. The largest absolute Gasteiger partial charge is 0.393 e. The Balaban J connectivity index is 2.25. The van der Waals surface area contributed by atoms with E-state index < -0.39 is 0 Å². The summed E-state index contributed by atoms with van der Waals surface area (Å²) in [4.78, 5) is 0. The second-order valence-corrected chi connectivity index (χ2v) is 9.54. The predicted octanol–water partition coefficient (Wildman–Crippen LogP) is 5.69. The van der Waals surface area contributed by atoms with Gasteiger partial charge in [-0.15, -0.1) is 0 Å². The summed E-state index contributed by atoms with van der Waals surface area (Å²) in [5.41, 5.74) is 2.94. The predicted molar refractivity (Wildman–Crippen MR) is 99.8 cm³/mol. The van der Waals surface area contributed by atoms with Crippen LogP contribution in [0.4, 0.5) is 0 Å². The summed E-state index contributed by atoms with van der Waals surface area (Å²) >= 11 is 0. The SMILES string of the molecule is CC(C)[C@@H]1CC[C@@H](O)[C@H](C(C)(C)c2ccc(C(C)(C)C)cc2)C1. The molecule has 3 atom stereocenters. The lowest BCUT2D eigenvalue weighted by Crippen LogP contribution is -2.42. The first-order chi connectivity index (χ1) is 10.5. The molecule has 1 N–H and O–H groups in total. The molecule has 1 fully saturated rings. The third kappa shape index (κ3) is 3.99. The Labute approximate surface area is 143 Å². The van der Waals surface area contributed by atoms with Gasteiger partial charge in [-0.05, 0) is 59.0 Å². The first-order valence-corrected chi connectivity index (χ1v) is 9.32. The molecule has 1 aliphatic carbocycles. The summed E-state index contributed by atoms with van der Waals surface area (Å²) in [6, 6.07) is 9.11. The van der Waals surface area contributed by atoms with Crippen molar-refractivity contribution >= 4 is 0 Å². The topological polar surface area (TPSA) is 20.2 Å². The Morgan fingerprint density at radius 3 is 1.91 bits per heavy atom. The minimum absolute atomic E-state index is 0.0173. The lowest BCUT2D eigenvalue weighted by molar-refractivity contribution is 0.00349. The average Bonchev–Trinajstić information content (AvgIpc) is 2.46. The van der Waals surface area contributed by atoms with Crippen molar-refractivity contribution in [2.24, 2.45) is 17.8 Å². The van der Waals surface area contributed by atoms with Gasteiger partial charge in [-0.25, -0.2) is 0 Å². The van der Waals surface area contributed by atoms with Gasteiger partial charge in [0, 0.05) is 0 Å². The van der Waals surface area contributed by atoms with Crippen LogP contribution in [-0.2, 0) is 10.8 Å². The maximum Gasteiger partial charge on any atom is 0.0576 e. The molecule has 0 saturated heterocycles. The molecule has 0 radical (unpaired) electrons. The lowest BCUT2D eigenvalue weighted by atomic mass is 9.62. The van der Waals surface area contributed by atoms with Crippen molar-refractivity contribution in [3.05, 3.63) is 35.4 Å². The van der Waals surface area contributed by atoms with Crippen molar-refractivity contribution in [2.45, 2.75) is 84.7 Å². The van der Waals surface area contributed by atoms with Crippen LogP contribution in [0, 0.1) is 17.8 Å². The average molecular weight is 317 g/mol. The van der Waals surface area contributed by atoms with Gasteiger partial charge in [-0.3, -0.25) is 0 Å². The minimum Gasteiger partial charge on any atom is -0.393 e. The van der Waals surface area contributed by atoms with Crippen LogP contribution in [0.1, 0.15) is 78.9 Å². The molecule has 1 aromatic carbocycles. The van der Waals surface area contributed by atoms with Crippen molar-refractivity contribution in [1.29, 1.82) is 0 Å². The van der Waals surface area contributed by atoms with E-state index in [-0.39, 0.29) is 16.9 Å². The molecule has 2 rings (SSSR count). The summed E-state index contributed by atoms with van der Waals surface area (Å²) in [6.45, 7) is 16.0. The highest BCUT2D eigenvalue weighted by Gasteiger charge is 2.41. The fourth-order valence-corrected chi connectivity index (χ4v) is 4.18. The van der Waals surface area contributed by atoms with Crippen LogP contribution >= 0.6 is 0 Å². The van der Waals surface area contributed by atoms with Crippen molar-refractivity contribution in [1.82, 2.24) is 0 Å². The number of aliphatic hydroxyl groups excluding tert-OH is 1. The first-order valence-electron chi connectivity index (χ1n) is 9.32. The number of hydrogen-bond acceptors (Lipinski definition) is 1. The standard InChI is InChI=1S/C22H36O/c1-15(2)16-8-13-20(23)19(14-16)22(6,7)18-11-9-17(10-12-18)21(3,4)5/h9-12,15-16,19-20,23H,8,13-14H2,1-7H3/t16-,19-,20-/m1/s1. The third-order valence-corrected chi connectivity index (χ3v) is 6.22. The van der Waals surface area contributed by atoms with Crippen LogP contribution in [-0.4, -0.2) is 11.2 Å². The molecule has 1 nitrogen and oxygen atoms in total. The molecule has 0 aromatic heterocycles. The molecule has 0 bridgehead atoms. The highest BCUT2D eigenvalue weighted by molar-refractivity contribution is 5.32. The van der Waals surface area contributed by atoms with Gasteiger partial charge in [0.15, 0.2) is 0 Å². The van der Waals surface area contributed by atoms with Crippen LogP contribution < -0.4 is 0 Å². The van der Waals surface area contributed by atoms with Crippen molar-refractivity contribution in [2.75, 3.05) is 0 Å². The van der Waals surface area contributed by atoms with Gasteiger partial charge in [-0.1, -0.05) is 72.7 Å². The van der Waals surface area contributed by atoms with Crippen molar-refractivity contribution in [3.63, 3.8) is 0 Å². The van der Waals surface area contributed by atoms with Gasteiger partial charge in [0.25, 0.3) is 0 Å². The third-order valence-electron chi connectivity index (χ3n) is 6.22. The maximum atomic E-state index is 10.6. The fourth-order valence-electron chi connectivity index (χ4n) is 4.18. The molecular weight excluding hydrogens is 280 g/mol. The quantitative estimate of drug-likeness (QED) is 0.759. The van der Waals surface area contributed by atoms with Crippen molar-refractivity contribution in [3.8, 4) is 0 Å². The fraction of sp³-hybridized carbons (Fsp3) is 0.727. The van der Waals surface area contributed by atoms with E-state index >= 15 is 0 Å². The van der Waals surface area contributed by atoms with E-state index in [1.54, 1.807) is 0 Å². The Morgan fingerprint density at radius 1 is 0.913 bits per heavy atom. The summed E-state index contributed by atoms with van der Waals surface area (Å²) < 4.78 is 0. The molecule has 1 aromatic rings. The van der Waals surface area contributed by atoms with E-state index in [0.717, 1.165) is 18.8 Å². The summed E-state index contributed by atoms with van der Waals surface area (Å²) in [5.74, 6) is 1.81. The van der Waals surface area contributed by atoms with Crippen LogP contribution in [0.3, 0.4) is 0 Å². The van der Waals surface area contributed by atoms with E-state index in [0.29, 0.717) is 11.8 Å². The number of hydrogen-bond donors (Lipinski definition) is 1. The second kappa shape index (κ2) is 6.59. The Bertz CT molecular complexity index is 504. The molecule has 1 aliphatic rings. The van der Waals surface area contributed by atoms with Gasteiger partial charge in [-0.2, -0.15) is 0 Å². The number of rotatable bonds is 3. The van der Waals surface area contributed by atoms with Crippen molar-refractivity contribution < 1.29 is 5.11 Å². The van der Waals surface area contributed by atoms with Crippen LogP contribution in [0.25, 0.3) is 0 Å². The maximum absolute atomic E-state index is 10.6. The van der Waals surface area contributed by atoms with Crippen LogP contribution in [0.5, 0.6) is 0 Å². The van der Waals surface area contributed by atoms with E-state index in [9.17, 15) is 5.11 Å². The van der Waals surface area contributed by atoms with Gasteiger partial charge in [0.1, 0.15) is 0 Å². The smallest absolute Gasteiger partial charge is 0.0576 e. The molecule has 0 aliphatic heterocycles. The van der Waals surface area contributed by atoms with E-state index in [4.69, 9.17) is 0 Å². The monoisotopic (exact) mass is 316 g/mol. The molecular formula is C22H36O. The zero-order valence-corrected chi connectivity index (χ0v) is 16.2. The van der Waals surface area contributed by atoms with E-state index in [1.807, 2.05) is 0 Å². The van der Waals surface area contributed by atoms with E-state index in [2.05, 4.69) is 72.7 Å². The Kier molecular flexibility index (Phi) is 5.31. The van der Waals surface area contributed by atoms with Gasteiger partial charge in [0.2, 0.25) is 0 Å². The highest BCUT2D eigenvalue weighted by Crippen LogP contribution is 2.44. The van der Waals surface area contributed by atoms with Crippen LogP contribution in [0.2, 0.25) is 0 Å². The summed E-state index contributed by atoms with van der Waals surface area (Å²) in [5, 5.41) is 10.6.